The van der Waals surface area contributed by atoms with Crippen LogP contribution in [0.5, 0.6) is 0 Å². The molecule has 0 bridgehead atoms. The van der Waals surface area contributed by atoms with Crippen molar-refractivity contribution in [2.45, 2.75) is 6.54 Å². The zero-order valence-corrected chi connectivity index (χ0v) is 17.9. The number of carbonyl (C=O) groups is 1. The lowest BCUT2D eigenvalue weighted by Crippen LogP contribution is -2.12. The highest BCUT2D eigenvalue weighted by atomic mass is 35.5. The number of thiazole rings is 1. The van der Waals surface area contributed by atoms with Crippen LogP contribution in [-0.2, 0) is 6.54 Å². The molecule has 0 saturated carbocycles. The number of nitrogens with one attached hydrogen (secondary N) is 1. The second kappa shape index (κ2) is 8.34. The zero-order valence-electron chi connectivity index (χ0n) is 16.3. The Labute approximate surface area is 187 Å². The number of para-hydroxylation sites is 2. The molecular weight excluding hydrogens is 428 g/mol. The largest absolute Gasteiger partial charge is 0.321 e. The summed E-state index contributed by atoms with van der Waals surface area (Å²) in [5.74, 6) is -0.223. The second-order valence-electron chi connectivity index (χ2n) is 7.00. The van der Waals surface area contributed by atoms with Crippen molar-refractivity contribution in [3.63, 3.8) is 0 Å². The molecule has 1 amide bonds. The summed E-state index contributed by atoms with van der Waals surface area (Å²) in [6.45, 7) is 0.495. The molecule has 0 saturated heterocycles. The summed E-state index contributed by atoms with van der Waals surface area (Å²) in [5.41, 5.74) is 3.97. The van der Waals surface area contributed by atoms with Gasteiger partial charge in [0.2, 0.25) is 0 Å². The maximum absolute atomic E-state index is 12.9. The van der Waals surface area contributed by atoms with Crippen LogP contribution in [-0.4, -0.2) is 20.7 Å². The number of benzene rings is 3. The number of aromatic nitrogens is 3. The Morgan fingerprint density at radius 3 is 2.65 bits per heavy atom. The Balaban J connectivity index is 1.38. The molecule has 0 unspecified atom stereocenters. The number of carbonyl (C=O) groups excluding carboxylic acids is 1. The van der Waals surface area contributed by atoms with Crippen molar-refractivity contribution in [1.82, 2.24) is 14.8 Å². The van der Waals surface area contributed by atoms with Crippen LogP contribution in [0, 0.1) is 0 Å². The quantitative estimate of drug-likeness (QED) is 0.355. The number of anilines is 1. The van der Waals surface area contributed by atoms with E-state index in [1.807, 2.05) is 72.8 Å². The number of fused-ring (bicyclic) bond motifs is 1. The highest BCUT2D eigenvalue weighted by molar-refractivity contribution is 7.21. The number of rotatable bonds is 5. The lowest BCUT2D eigenvalue weighted by atomic mass is 10.1. The van der Waals surface area contributed by atoms with Gasteiger partial charge in [-0.2, -0.15) is 5.10 Å². The summed E-state index contributed by atoms with van der Waals surface area (Å²) in [4.78, 5) is 17.6. The van der Waals surface area contributed by atoms with E-state index in [1.54, 1.807) is 28.4 Å². The van der Waals surface area contributed by atoms with Crippen molar-refractivity contribution in [3.05, 3.63) is 101 Å². The zero-order chi connectivity index (χ0) is 21.2. The van der Waals surface area contributed by atoms with Crippen molar-refractivity contribution >= 4 is 44.7 Å². The van der Waals surface area contributed by atoms with Gasteiger partial charge in [-0.3, -0.25) is 9.48 Å². The first kappa shape index (κ1) is 19.5. The molecule has 152 valence electrons. The number of halogens is 1. The molecule has 7 heteroatoms. The summed E-state index contributed by atoms with van der Waals surface area (Å²) >= 11 is 7.83. The molecule has 0 aliphatic heterocycles. The highest BCUT2D eigenvalue weighted by Gasteiger charge is 2.15. The van der Waals surface area contributed by atoms with Gasteiger partial charge in [0.05, 0.1) is 34.2 Å². The summed E-state index contributed by atoms with van der Waals surface area (Å²) in [6, 6.07) is 23.3. The Hall–Kier alpha value is -3.48. The number of amides is 1. The first-order valence-corrected chi connectivity index (χ1v) is 10.9. The van der Waals surface area contributed by atoms with Gasteiger partial charge in [-0.05, 0) is 35.9 Å². The highest BCUT2D eigenvalue weighted by Crippen LogP contribution is 2.34. The van der Waals surface area contributed by atoms with Gasteiger partial charge in [0.1, 0.15) is 5.01 Å². The molecule has 0 aliphatic carbocycles. The van der Waals surface area contributed by atoms with Gasteiger partial charge in [-0.1, -0.05) is 54.1 Å². The van der Waals surface area contributed by atoms with Crippen LogP contribution in [0.1, 0.15) is 15.9 Å². The minimum atomic E-state index is -0.223. The van der Waals surface area contributed by atoms with Gasteiger partial charge in [0, 0.05) is 16.8 Å². The molecule has 1 N–H and O–H groups in total. The van der Waals surface area contributed by atoms with E-state index in [4.69, 9.17) is 16.6 Å². The van der Waals surface area contributed by atoms with Crippen LogP contribution < -0.4 is 5.32 Å². The molecule has 0 aliphatic rings. The lowest BCUT2D eigenvalue weighted by molar-refractivity contribution is 0.102. The summed E-state index contributed by atoms with van der Waals surface area (Å²) in [7, 11) is 0. The molecule has 31 heavy (non-hydrogen) atoms. The molecule has 5 nitrogen and oxygen atoms in total. The summed E-state index contributed by atoms with van der Waals surface area (Å²) in [5, 5.41) is 8.86. The third kappa shape index (κ3) is 4.08. The molecular formula is C24H17ClN4OS. The fourth-order valence-corrected chi connectivity index (χ4v) is 4.53. The SMILES string of the molecule is O=C(Nc1ccccc1-c1nc2ccccc2s1)c1cnn(Cc2ccccc2Cl)c1. The van der Waals surface area contributed by atoms with Gasteiger partial charge in [0.15, 0.2) is 0 Å². The van der Waals surface area contributed by atoms with E-state index >= 15 is 0 Å². The van der Waals surface area contributed by atoms with Crippen molar-refractivity contribution in [1.29, 1.82) is 0 Å². The molecule has 0 fully saturated rings. The molecule has 5 aromatic rings. The van der Waals surface area contributed by atoms with E-state index in [9.17, 15) is 4.79 Å². The van der Waals surface area contributed by atoms with E-state index in [-0.39, 0.29) is 5.91 Å². The monoisotopic (exact) mass is 444 g/mol. The van der Waals surface area contributed by atoms with Crippen LogP contribution in [0.15, 0.2) is 85.2 Å². The van der Waals surface area contributed by atoms with Crippen molar-refractivity contribution < 1.29 is 4.79 Å². The van der Waals surface area contributed by atoms with Gasteiger partial charge < -0.3 is 5.32 Å². The van der Waals surface area contributed by atoms with Gasteiger partial charge in [-0.25, -0.2) is 4.98 Å². The fraction of sp³-hybridized carbons (Fsp3) is 0.0417. The smallest absolute Gasteiger partial charge is 0.258 e. The maximum Gasteiger partial charge on any atom is 0.258 e. The Kier molecular flexibility index (Phi) is 5.24. The van der Waals surface area contributed by atoms with E-state index in [0.29, 0.717) is 22.8 Å². The molecule has 0 spiro atoms. The average molecular weight is 445 g/mol. The number of nitrogens with zero attached hydrogens (tertiary/aromatic N) is 3. The fourth-order valence-electron chi connectivity index (χ4n) is 3.33. The third-order valence-corrected chi connectivity index (χ3v) is 6.32. The minimum Gasteiger partial charge on any atom is -0.321 e. The number of hydrogen-bond donors (Lipinski definition) is 1. The normalized spacial score (nSPS) is 11.0. The van der Waals surface area contributed by atoms with Gasteiger partial charge in [0.25, 0.3) is 5.91 Å². The van der Waals surface area contributed by atoms with Gasteiger partial charge in [-0.15, -0.1) is 11.3 Å². The van der Waals surface area contributed by atoms with Crippen LogP contribution >= 0.6 is 22.9 Å². The predicted octanol–water partition coefficient (Wildman–Crippen LogP) is 6.11. The molecule has 3 aromatic carbocycles. The predicted molar refractivity (Wildman–Crippen MR) is 126 cm³/mol. The van der Waals surface area contributed by atoms with Crippen LogP contribution in [0.4, 0.5) is 5.69 Å². The lowest BCUT2D eigenvalue weighted by Gasteiger charge is -2.08. The Morgan fingerprint density at radius 1 is 1.00 bits per heavy atom. The third-order valence-electron chi connectivity index (χ3n) is 4.89. The van der Waals surface area contributed by atoms with E-state index in [2.05, 4.69) is 10.4 Å². The second-order valence-corrected chi connectivity index (χ2v) is 8.44. The van der Waals surface area contributed by atoms with Crippen LogP contribution in [0.25, 0.3) is 20.8 Å². The van der Waals surface area contributed by atoms with Crippen molar-refractivity contribution in [3.8, 4) is 10.6 Å². The molecule has 2 aromatic heterocycles. The first-order valence-electron chi connectivity index (χ1n) is 9.69. The topological polar surface area (TPSA) is 59.8 Å². The molecule has 0 radical (unpaired) electrons. The standard InChI is InChI=1S/C24H17ClN4OS/c25-19-9-3-1-7-16(19)14-29-15-17(13-26-29)23(30)27-20-10-4-2-8-18(20)24-28-21-11-5-6-12-22(21)31-24/h1-13,15H,14H2,(H,27,30). The van der Waals surface area contributed by atoms with Gasteiger partial charge >= 0.3 is 0 Å². The van der Waals surface area contributed by atoms with E-state index in [1.165, 1.54) is 0 Å². The summed E-state index contributed by atoms with van der Waals surface area (Å²) < 4.78 is 2.81. The first-order chi connectivity index (χ1) is 15.2. The molecule has 0 atom stereocenters. The number of hydrogen-bond acceptors (Lipinski definition) is 4. The summed E-state index contributed by atoms with van der Waals surface area (Å²) in [6.07, 6.45) is 3.28. The molecule has 2 heterocycles. The average Bonchev–Trinajstić information content (AvgIpc) is 3.43. The van der Waals surface area contributed by atoms with Crippen LogP contribution in [0.2, 0.25) is 5.02 Å². The van der Waals surface area contributed by atoms with Crippen LogP contribution in [0.3, 0.4) is 0 Å². The maximum atomic E-state index is 12.9. The van der Waals surface area contributed by atoms with Crippen molar-refractivity contribution in [2.24, 2.45) is 0 Å². The van der Waals surface area contributed by atoms with E-state index < -0.39 is 0 Å². The van der Waals surface area contributed by atoms with Crippen molar-refractivity contribution in [2.75, 3.05) is 5.32 Å². The Morgan fingerprint density at radius 2 is 1.77 bits per heavy atom. The minimum absolute atomic E-state index is 0.223. The van der Waals surface area contributed by atoms with E-state index in [0.717, 1.165) is 26.4 Å². The Bertz CT molecular complexity index is 1360. The molecule has 5 rings (SSSR count).